The Bertz CT molecular complexity index is 972. The van der Waals surface area contributed by atoms with Gasteiger partial charge in [0.05, 0.1) is 17.5 Å². The van der Waals surface area contributed by atoms with Crippen molar-refractivity contribution in [3.8, 4) is 5.75 Å². The molecule has 0 atom stereocenters. The second-order valence-corrected chi connectivity index (χ2v) is 7.47. The van der Waals surface area contributed by atoms with Gasteiger partial charge in [0, 0.05) is 17.3 Å². The summed E-state index contributed by atoms with van der Waals surface area (Å²) in [5.74, 6) is 1.59. The molecular formula is C20H21ClN2O2S. The maximum Gasteiger partial charge on any atom is 0.262 e. The summed E-state index contributed by atoms with van der Waals surface area (Å²) >= 11 is 7.59. The molecule has 0 fully saturated rings. The Morgan fingerprint density at radius 1 is 1.23 bits per heavy atom. The van der Waals surface area contributed by atoms with Crippen LogP contribution in [0, 0.1) is 6.92 Å². The average molecular weight is 389 g/mol. The van der Waals surface area contributed by atoms with E-state index in [1.807, 2.05) is 38.1 Å². The summed E-state index contributed by atoms with van der Waals surface area (Å²) in [5.41, 5.74) is 1.73. The maximum absolute atomic E-state index is 12.8. The minimum Gasteiger partial charge on any atom is -0.492 e. The number of aromatic nitrogens is 2. The Morgan fingerprint density at radius 2 is 2.04 bits per heavy atom. The number of thioether (sulfide) groups is 1. The number of para-hydroxylation sites is 1. The monoisotopic (exact) mass is 388 g/mol. The van der Waals surface area contributed by atoms with E-state index in [0.29, 0.717) is 40.0 Å². The molecule has 6 heteroatoms. The normalized spacial score (nSPS) is 11.0. The molecule has 0 aliphatic heterocycles. The quantitative estimate of drug-likeness (QED) is 0.326. The Morgan fingerprint density at radius 3 is 2.81 bits per heavy atom. The molecule has 4 nitrogen and oxygen atoms in total. The average Bonchev–Trinajstić information content (AvgIpc) is 2.63. The van der Waals surface area contributed by atoms with E-state index in [2.05, 4.69) is 4.98 Å². The fraction of sp³-hybridized carbons (Fsp3) is 0.300. The molecule has 1 aromatic heterocycles. The van der Waals surface area contributed by atoms with Crippen molar-refractivity contribution < 1.29 is 4.74 Å². The van der Waals surface area contributed by atoms with Gasteiger partial charge in [0.25, 0.3) is 5.56 Å². The second-order valence-electron chi connectivity index (χ2n) is 5.98. The van der Waals surface area contributed by atoms with Crippen LogP contribution in [0.1, 0.15) is 18.9 Å². The first-order chi connectivity index (χ1) is 12.6. The Balaban J connectivity index is 1.78. The van der Waals surface area contributed by atoms with Crippen molar-refractivity contribution in [3.05, 3.63) is 63.4 Å². The number of halogens is 1. The van der Waals surface area contributed by atoms with E-state index >= 15 is 0 Å². The summed E-state index contributed by atoms with van der Waals surface area (Å²) < 4.78 is 7.58. The van der Waals surface area contributed by atoms with Crippen LogP contribution in [0.5, 0.6) is 5.75 Å². The highest BCUT2D eigenvalue weighted by Crippen LogP contribution is 2.22. The summed E-state index contributed by atoms with van der Waals surface area (Å²) in [6, 6.07) is 13.1. The van der Waals surface area contributed by atoms with Gasteiger partial charge >= 0.3 is 0 Å². The van der Waals surface area contributed by atoms with E-state index in [1.165, 1.54) is 11.8 Å². The molecule has 0 saturated heterocycles. The topological polar surface area (TPSA) is 44.1 Å². The number of benzene rings is 2. The van der Waals surface area contributed by atoms with Crippen molar-refractivity contribution in [2.45, 2.75) is 32.0 Å². The molecule has 2 aromatic carbocycles. The molecule has 3 rings (SSSR count). The van der Waals surface area contributed by atoms with Crippen molar-refractivity contribution >= 4 is 34.3 Å². The second kappa shape index (κ2) is 8.60. The molecule has 0 spiro atoms. The van der Waals surface area contributed by atoms with Crippen molar-refractivity contribution in [1.29, 1.82) is 0 Å². The minimum atomic E-state index is -0.0177. The summed E-state index contributed by atoms with van der Waals surface area (Å²) in [7, 11) is 0. The fourth-order valence-corrected chi connectivity index (χ4v) is 3.72. The van der Waals surface area contributed by atoms with E-state index in [4.69, 9.17) is 16.3 Å². The molecule has 0 N–H and O–H groups in total. The predicted molar refractivity (Wildman–Crippen MR) is 109 cm³/mol. The molecule has 0 radical (unpaired) electrons. The number of hydrogen-bond acceptors (Lipinski definition) is 4. The summed E-state index contributed by atoms with van der Waals surface area (Å²) in [6.07, 6.45) is 0.869. The highest BCUT2D eigenvalue weighted by molar-refractivity contribution is 7.99. The highest BCUT2D eigenvalue weighted by Gasteiger charge is 2.11. The predicted octanol–water partition coefficient (Wildman–Crippen LogP) is 4.94. The lowest BCUT2D eigenvalue weighted by atomic mass is 10.2. The number of rotatable bonds is 7. The first-order valence-electron chi connectivity index (χ1n) is 8.61. The Hall–Kier alpha value is -1.98. The molecule has 26 heavy (non-hydrogen) atoms. The van der Waals surface area contributed by atoms with E-state index in [-0.39, 0.29) is 5.56 Å². The van der Waals surface area contributed by atoms with Crippen LogP contribution in [0.4, 0.5) is 0 Å². The van der Waals surface area contributed by atoms with Gasteiger partial charge in [-0.15, -0.1) is 0 Å². The zero-order valence-electron chi connectivity index (χ0n) is 14.9. The zero-order chi connectivity index (χ0) is 18.5. The van der Waals surface area contributed by atoms with Crippen LogP contribution >= 0.6 is 23.4 Å². The van der Waals surface area contributed by atoms with Gasteiger partial charge in [-0.3, -0.25) is 9.36 Å². The first-order valence-corrected chi connectivity index (χ1v) is 9.98. The SMILES string of the molecule is CCCn1c(SCCOc2ccccc2C)nc2cc(Cl)ccc2c1=O. The van der Waals surface area contributed by atoms with E-state index in [1.54, 1.807) is 22.8 Å². The van der Waals surface area contributed by atoms with Gasteiger partial charge in [-0.1, -0.05) is 48.5 Å². The van der Waals surface area contributed by atoms with Crippen LogP contribution in [0.3, 0.4) is 0 Å². The van der Waals surface area contributed by atoms with Crippen LogP contribution < -0.4 is 10.3 Å². The lowest BCUT2D eigenvalue weighted by Crippen LogP contribution is -2.23. The third-order valence-corrected chi connectivity index (χ3v) is 5.17. The molecule has 1 heterocycles. The van der Waals surface area contributed by atoms with Crippen molar-refractivity contribution in [3.63, 3.8) is 0 Å². The molecule has 0 aliphatic rings. The number of aryl methyl sites for hydroxylation is 1. The lowest BCUT2D eigenvalue weighted by molar-refractivity contribution is 0.341. The number of fused-ring (bicyclic) bond motifs is 1. The number of hydrogen-bond donors (Lipinski definition) is 0. The maximum atomic E-state index is 12.8. The minimum absolute atomic E-state index is 0.0177. The highest BCUT2D eigenvalue weighted by atomic mass is 35.5. The molecule has 0 amide bonds. The van der Waals surface area contributed by atoms with E-state index < -0.39 is 0 Å². The van der Waals surface area contributed by atoms with Crippen molar-refractivity contribution in [1.82, 2.24) is 9.55 Å². The van der Waals surface area contributed by atoms with Gasteiger partial charge in [0.2, 0.25) is 0 Å². The van der Waals surface area contributed by atoms with Gasteiger partial charge < -0.3 is 4.74 Å². The smallest absolute Gasteiger partial charge is 0.262 e. The molecule has 0 unspecified atom stereocenters. The summed E-state index contributed by atoms with van der Waals surface area (Å²) in [4.78, 5) is 17.4. The molecule has 136 valence electrons. The van der Waals surface area contributed by atoms with Gasteiger partial charge in [-0.05, 0) is 43.2 Å². The van der Waals surface area contributed by atoms with Gasteiger partial charge in [0.1, 0.15) is 5.75 Å². The van der Waals surface area contributed by atoms with Crippen LogP contribution in [-0.4, -0.2) is 21.9 Å². The largest absolute Gasteiger partial charge is 0.492 e. The first kappa shape index (κ1) is 18.8. The summed E-state index contributed by atoms with van der Waals surface area (Å²) in [5, 5.41) is 1.89. The number of ether oxygens (including phenoxy) is 1. The van der Waals surface area contributed by atoms with Crippen LogP contribution in [0.2, 0.25) is 5.02 Å². The third kappa shape index (κ3) is 4.22. The van der Waals surface area contributed by atoms with Gasteiger partial charge in [0.15, 0.2) is 5.16 Å². The molecule has 0 aliphatic carbocycles. The standard InChI is InChI=1S/C20H21ClN2O2S/c1-3-10-23-19(24)16-9-8-15(21)13-17(16)22-20(23)26-12-11-25-18-7-5-4-6-14(18)2/h4-9,13H,3,10-12H2,1-2H3. The van der Waals surface area contributed by atoms with E-state index in [0.717, 1.165) is 17.7 Å². The molecular weight excluding hydrogens is 368 g/mol. The van der Waals surface area contributed by atoms with Crippen LogP contribution in [0.25, 0.3) is 10.9 Å². The molecule has 0 bridgehead atoms. The molecule has 0 saturated carbocycles. The van der Waals surface area contributed by atoms with Crippen LogP contribution in [0.15, 0.2) is 52.4 Å². The summed E-state index contributed by atoms with van der Waals surface area (Å²) in [6.45, 7) is 5.26. The zero-order valence-corrected chi connectivity index (χ0v) is 16.4. The third-order valence-electron chi connectivity index (χ3n) is 4.00. The van der Waals surface area contributed by atoms with Gasteiger partial charge in [-0.25, -0.2) is 4.98 Å². The fourth-order valence-electron chi connectivity index (χ4n) is 2.71. The number of nitrogens with zero attached hydrogens (tertiary/aromatic N) is 2. The Kier molecular flexibility index (Phi) is 6.22. The lowest BCUT2D eigenvalue weighted by Gasteiger charge is -2.13. The van der Waals surface area contributed by atoms with Crippen molar-refractivity contribution in [2.24, 2.45) is 0 Å². The van der Waals surface area contributed by atoms with Crippen molar-refractivity contribution in [2.75, 3.05) is 12.4 Å². The molecule has 3 aromatic rings. The van der Waals surface area contributed by atoms with Gasteiger partial charge in [-0.2, -0.15) is 0 Å². The Labute approximate surface area is 162 Å². The van der Waals surface area contributed by atoms with Crippen LogP contribution in [-0.2, 0) is 6.54 Å². The van der Waals surface area contributed by atoms with E-state index in [9.17, 15) is 4.79 Å².